The minimum absolute atomic E-state index is 0.229. The summed E-state index contributed by atoms with van der Waals surface area (Å²) in [4.78, 5) is 38.6. The molecule has 1 saturated carbocycles. The van der Waals surface area contributed by atoms with Gasteiger partial charge in [0.15, 0.2) is 5.92 Å². The minimum Gasteiger partial charge on any atom is -0.379 e. The van der Waals surface area contributed by atoms with Crippen LogP contribution in [0.25, 0.3) is 0 Å². The zero-order chi connectivity index (χ0) is 20.4. The van der Waals surface area contributed by atoms with Gasteiger partial charge in [-0.3, -0.25) is 9.69 Å². The van der Waals surface area contributed by atoms with E-state index in [4.69, 9.17) is 14.7 Å². The van der Waals surface area contributed by atoms with Gasteiger partial charge in [-0.15, -0.1) is 11.8 Å². The average Bonchev–Trinajstić information content (AvgIpc) is 2.77. The Hall–Kier alpha value is -1.58. The molecule has 3 aliphatic heterocycles. The predicted molar refractivity (Wildman–Crippen MR) is 114 cm³/mol. The summed E-state index contributed by atoms with van der Waals surface area (Å²) in [6.45, 7) is 4.38. The number of hydrogen-bond acceptors (Lipinski definition) is 7. The van der Waals surface area contributed by atoms with Crippen LogP contribution in [0.5, 0.6) is 0 Å². The third-order valence-electron chi connectivity index (χ3n) is 6.19. The van der Waals surface area contributed by atoms with Gasteiger partial charge in [0.05, 0.1) is 27.3 Å². The number of thioether (sulfide) groups is 1. The molecule has 158 valence electrons. The van der Waals surface area contributed by atoms with E-state index in [0.29, 0.717) is 11.8 Å². The predicted octanol–water partition coefficient (Wildman–Crippen LogP) is 1.69. The van der Waals surface area contributed by atoms with Crippen molar-refractivity contribution in [1.29, 1.82) is 0 Å². The molecule has 3 heterocycles. The Morgan fingerprint density at radius 2 is 1.86 bits per heavy atom. The second kappa shape index (κ2) is 9.06. The molecule has 0 aromatic heterocycles. The molecule has 2 fully saturated rings. The van der Waals surface area contributed by atoms with Gasteiger partial charge in [-0.25, -0.2) is 9.79 Å². The number of urea groups is 1. The summed E-state index contributed by atoms with van der Waals surface area (Å²) >= 11 is 1.63. The van der Waals surface area contributed by atoms with Crippen molar-refractivity contribution < 1.29 is 18.9 Å². The fourth-order valence-corrected chi connectivity index (χ4v) is 5.44. The van der Waals surface area contributed by atoms with Crippen molar-refractivity contribution in [2.24, 2.45) is 21.8 Å². The van der Waals surface area contributed by atoms with Gasteiger partial charge in [0, 0.05) is 31.3 Å². The second-order valence-corrected chi connectivity index (χ2v) is 9.20. The molecule has 4 rings (SSSR count). The number of amides is 3. The Labute approximate surface area is 176 Å². The molecule has 0 spiro atoms. The maximum Gasteiger partial charge on any atom is 0.445 e. The number of carbonyl (C=O) groups excluding carboxylic acids is 2. The SMILES string of the molecule is CN1C(=O)C2C(SCCN3CCOCC3)=NC(C3CCCCC3)=NC2=[N+](C)C1=O. The summed E-state index contributed by atoms with van der Waals surface area (Å²) in [5.41, 5.74) is 0. The largest absolute Gasteiger partial charge is 0.445 e. The lowest BCUT2D eigenvalue weighted by atomic mass is 9.88. The van der Waals surface area contributed by atoms with E-state index in [0.717, 1.165) is 62.3 Å². The first-order chi connectivity index (χ1) is 14.1. The summed E-state index contributed by atoms with van der Waals surface area (Å²) in [6, 6.07) is -0.326. The van der Waals surface area contributed by atoms with Crippen molar-refractivity contribution in [2.45, 2.75) is 32.1 Å². The van der Waals surface area contributed by atoms with Crippen molar-refractivity contribution in [3.05, 3.63) is 0 Å². The van der Waals surface area contributed by atoms with Crippen LogP contribution in [0.4, 0.5) is 4.79 Å². The number of rotatable bonds is 4. The third kappa shape index (κ3) is 4.32. The van der Waals surface area contributed by atoms with Crippen LogP contribution in [0, 0.1) is 11.8 Å². The quantitative estimate of drug-likeness (QED) is 0.647. The zero-order valence-electron chi connectivity index (χ0n) is 17.3. The summed E-state index contributed by atoms with van der Waals surface area (Å²) in [5, 5.41) is 0.792. The van der Waals surface area contributed by atoms with Crippen LogP contribution in [-0.2, 0) is 9.53 Å². The van der Waals surface area contributed by atoms with Crippen LogP contribution >= 0.6 is 11.8 Å². The Morgan fingerprint density at radius 1 is 1.14 bits per heavy atom. The van der Waals surface area contributed by atoms with E-state index < -0.39 is 5.92 Å². The van der Waals surface area contributed by atoms with E-state index in [9.17, 15) is 9.59 Å². The highest BCUT2D eigenvalue weighted by atomic mass is 32.2. The van der Waals surface area contributed by atoms with E-state index in [1.54, 1.807) is 18.8 Å². The fourth-order valence-electron chi connectivity index (χ4n) is 4.35. The normalized spacial score (nSPS) is 27.1. The highest BCUT2D eigenvalue weighted by Gasteiger charge is 2.49. The molecule has 29 heavy (non-hydrogen) atoms. The molecule has 1 unspecified atom stereocenters. The number of imide groups is 1. The molecule has 0 aromatic carbocycles. The van der Waals surface area contributed by atoms with E-state index >= 15 is 0 Å². The van der Waals surface area contributed by atoms with Gasteiger partial charge in [-0.1, -0.05) is 24.3 Å². The first-order valence-electron chi connectivity index (χ1n) is 10.6. The highest BCUT2D eigenvalue weighted by molar-refractivity contribution is 8.14. The van der Waals surface area contributed by atoms with E-state index in [-0.39, 0.29) is 11.9 Å². The lowest BCUT2D eigenvalue weighted by Gasteiger charge is -2.29. The van der Waals surface area contributed by atoms with Crippen LogP contribution < -0.4 is 0 Å². The van der Waals surface area contributed by atoms with Gasteiger partial charge in [0.1, 0.15) is 5.04 Å². The zero-order valence-corrected chi connectivity index (χ0v) is 18.1. The molecule has 1 atom stereocenters. The Kier molecular flexibility index (Phi) is 6.46. The average molecular weight is 421 g/mol. The lowest BCUT2D eigenvalue weighted by molar-refractivity contribution is -0.407. The molecule has 1 aliphatic carbocycles. The summed E-state index contributed by atoms with van der Waals surface area (Å²) in [6.07, 6.45) is 5.80. The molecule has 9 heteroatoms. The van der Waals surface area contributed by atoms with E-state index in [2.05, 4.69) is 4.90 Å². The Morgan fingerprint density at radius 3 is 2.59 bits per heavy atom. The Bertz CT molecular complexity index is 766. The van der Waals surface area contributed by atoms with Gasteiger partial charge < -0.3 is 4.74 Å². The number of carbonyl (C=O) groups is 2. The van der Waals surface area contributed by atoms with Crippen LogP contribution in [0.1, 0.15) is 32.1 Å². The molecule has 0 radical (unpaired) electrons. The number of morpholine rings is 1. The number of ether oxygens (including phenoxy) is 1. The van der Waals surface area contributed by atoms with Crippen molar-refractivity contribution in [3.63, 3.8) is 0 Å². The molecular formula is C20H30N5O3S+. The van der Waals surface area contributed by atoms with Crippen molar-refractivity contribution in [3.8, 4) is 0 Å². The molecule has 1 saturated heterocycles. The van der Waals surface area contributed by atoms with Gasteiger partial charge in [-0.05, 0) is 12.8 Å². The van der Waals surface area contributed by atoms with Gasteiger partial charge in [0.25, 0.3) is 5.84 Å². The molecule has 8 nitrogen and oxygen atoms in total. The molecule has 4 aliphatic rings. The summed E-state index contributed by atoms with van der Waals surface area (Å²) in [7, 11) is 3.24. The molecular weight excluding hydrogens is 390 g/mol. The third-order valence-corrected chi connectivity index (χ3v) is 7.19. The highest BCUT2D eigenvalue weighted by Crippen LogP contribution is 2.31. The van der Waals surface area contributed by atoms with E-state index in [1.165, 1.54) is 35.8 Å². The van der Waals surface area contributed by atoms with Gasteiger partial charge in [-0.2, -0.15) is 9.48 Å². The smallest absolute Gasteiger partial charge is 0.379 e. The van der Waals surface area contributed by atoms with Crippen LogP contribution in [0.15, 0.2) is 9.98 Å². The van der Waals surface area contributed by atoms with Crippen LogP contribution in [0.3, 0.4) is 0 Å². The maximum absolute atomic E-state index is 12.9. The first-order valence-corrected chi connectivity index (χ1v) is 11.6. The molecule has 0 bridgehead atoms. The molecule has 0 N–H and O–H groups in total. The van der Waals surface area contributed by atoms with E-state index in [1.807, 2.05) is 0 Å². The summed E-state index contributed by atoms with van der Waals surface area (Å²) < 4.78 is 6.94. The molecule has 3 amide bonds. The van der Waals surface area contributed by atoms with Crippen molar-refractivity contribution in [1.82, 2.24) is 9.80 Å². The number of fused-ring (bicyclic) bond motifs is 1. The number of nitrogens with zero attached hydrogens (tertiary/aromatic N) is 5. The topological polar surface area (TPSA) is 77.6 Å². The minimum atomic E-state index is -0.565. The van der Waals surface area contributed by atoms with Crippen LogP contribution in [-0.4, -0.2) is 95.7 Å². The first kappa shape index (κ1) is 20.7. The van der Waals surface area contributed by atoms with Crippen molar-refractivity contribution >= 4 is 40.4 Å². The molecule has 0 aromatic rings. The lowest BCUT2D eigenvalue weighted by Crippen LogP contribution is -2.55. The van der Waals surface area contributed by atoms with Crippen LogP contribution in [0.2, 0.25) is 0 Å². The second-order valence-electron chi connectivity index (χ2n) is 8.09. The number of hydrogen-bond donors (Lipinski definition) is 0. The number of amidine groups is 2. The summed E-state index contributed by atoms with van der Waals surface area (Å²) in [5.74, 6) is 1.74. The standard InChI is InChI=1S/C20H30N5O3S/c1-23-17-15(19(26)24(2)20(23)27)18(29-13-10-25-8-11-28-12-9-25)22-16(21-17)14-6-4-3-5-7-14/h14-15H,3-13H2,1-2H3/q+1. The number of aliphatic imine (C=N–C) groups is 2. The van der Waals surface area contributed by atoms with Gasteiger partial charge in [0.2, 0.25) is 5.84 Å². The Balaban J connectivity index is 1.57. The van der Waals surface area contributed by atoms with Gasteiger partial charge >= 0.3 is 11.9 Å². The maximum atomic E-state index is 12.9. The monoisotopic (exact) mass is 420 g/mol. The fraction of sp³-hybridized carbons (Fsp3) is 0.750. The van der Waals surface area contributed by atoms with Crippen molar-refractivity contribution in [2.75, 3.05) is 52.7 Å².